The number of halogens is 11. The minimum Gasteiger partial charge on any atom is -0.490 e. The summed E-state index contributed by atoms with van der Waals surface area (Å²) in [5.41, 5.74) is 10.8. The van der Waals surface area contributed by atoms with Crippen LogP contribution in [-0.2, 0) is 20.8 Å². The molecule has 0 radical (unpaired) electrons. The van der Waals surface area contributed by atoms with Crippen LogP contribution in [0.4, 0.5) is 43.9 Å². The molecule has 0 unspecified atom stereocenters. The minimum atomic E-state index is -5.08. The summed E-state index contributed by atoms with van der Waals surface area (Å²) in [4.78, 5) is 31.0. The van der Waals surface area contributed by atoms with Gasteiger partial charge >= 0.3 is 36.4 Å². The molecule has 0 spiro atoms. The van der Waals surface area contributed by atoms with Crippen LogP contribution >= 0.6 is 11.6 Å². The number of nitrogens with one attached hydrogen (secondary N) is 1. The first-order valence-corrected chi connectivity index (χ1v) is 13.3. The number of benzene rings is 2. The lowest BCUT2D eigenvalue weighted by atomic mass is 10.0. The van der Waals surface area contributed by atoms with Gasteiger partial charge in [0.05, 0.1) is 16.7 Å². The van der Waals surface area contributed by atoms with Crippen molar-refractivity contribution in [1.29, 1.82) is 0 Å². The second-order valence-electron chi connectivity index (χ2n) is 9.42. The summed E-state index contributed by atoms with van der Waals surface area (Å²) in [6.45, 7) is 2.28. The van der Waals surface area contributed by atoms with Crippen LogP contribution in [0.25, 0.3) is 22.0 Å². The van der Waals surface area contributed by atoms with Gasteiger partial charge in [-0.1, -0.05) is 23.7 Å². The number of carbonyl (C=O) groups is 3. The number of H-pyrrole nitrogens is 1. The Kier molecular flexibility index (Phi) is 15.4. The summed E-state index contributed by atoms with van der Waals surface area (Å²) in [7, 11) is 0. The van der Waals surface area contributed by atoms with E-state index < -0.39 is 42.3 Å². The molecule has 1 atom stereocenters. The largest absolute Gasteiger partial charge is 0.490 e. The Morgan fingerprint density at radius 2 is 1.36 bits per heavy atom. The third-order valence-corrected chi connectivity index (χ3v) is 5.77. The molecule has 4 aromatic rings. The molecular formula is C28H23ClF10N4O7. The van der Waals surface area contributed by atoms with E-state index in [2.05, 4.69) is 21.2 Å². The second kappa shape index (κ2) is 18.0. The number of carboxylic acid groups (broad SMARTS) is 3. The number of aryl methyl sites for hydroxylation is 1. The van der Waals surface area contributed by atoms with Crippen molar-refractivity contribution < 1.29 is 78.3 Å². The lowest BCUT2D eigenvalue weighted by molar-refractivity contribution is -0.193. The smallest absolute Gasteiger partial charge is 0.490 e. The number of aromatic amines is 1. The molecule has 2 aromatic heterocycles. The summed E-state index contributed by atoms with van der Waals surface area (Å²) >= 11 is 5.71. The van der Waals surface area contributed by atoms with Crippen LogP contribution in [0.15, 0.2) is 54.9 Å². The first-order valence-electron chi connectivity index (χ1n) is 13.0. The van der Waals surface area contributed by atoms with Crippen LogP contribution in [0, 0.1) is 12.7 Å². The Balaban J connectivity index is 0.000000486. The average Bonchev–Trinajstić information content (AvgIpc) is 3.37. The highest BCUT2D eigenvalue weighted by atomic mass is 35.5. The quantitative estimate of drug-likeness (QED) is 0.135. The van der Waals surface area contributed by atoms with Crippen LogP contribution in [0.1, 0.15) is 11.3 Å². The van der Waals surface area contributed by atoms with Crippen LogP contribution in [-0.4, -0.2) is 79.6 Å². The summed E-state index contributed by atoms with van der Waals surface area (Å²) < 4.78 is 115. The first-order chi connectivity index (χ1) is 22.8. The number of aromatic nitrogens is 3. The molecule has 0 aliphatic rings. The normalized spacial score (nSPS) is 11.9. The molecule has 6 N–H and O–H groups in total. The van der Waals surface area contributed by atoms with Gasteiger partial charge in [-0.25, -0.2) is 18.8 Å². The third kappa shape index (κ3) is 14.9. The Morgan fingerprint density at radius 1 is 0.840 bits per heavy atom. The number of pyridine rings is 1. The molecular weight excluding hydrogens is 730 g/mol. The number of hydrogen-bond donors (Lipinski definition) is 5. The van der Waals surface area contributed by atoms with Gasteiger partial charge in [0.1, 0.15) is 18.2 Å². The van der Waals surface area contributed by atoms with E-state index in [0.717, 1.165) is 33.3 Å². The average molecular weight is 753 g/mol. The lowest BCUT2D eigenvalue weighted by Crippen LogP contribution is -2.30. The number of fused-ring (bicyclic) bond motifs is 1. The van der Waals surface area contributed by atoms with Crippen molar-refractivity contribution in [2.75, 3.05) is 6.61 Å². The van der Waals surface area contributed by atoms with Crippen molar-refractivity contribution in [1.82, 2.24) is 15.2 Å². The molecule has 274 valence electrons. The predicted octanol–water partition coefficient (Wildman–Crippen LogP) is 6.57. The van der Waals surface area contributed by atoms with E-state index in [0.29, 0.717) is 12.2 Å². The Morgan fingerprint density at radius 3 is 1.84 bits per heavy atom. The number of carboxylic acids is 3. The van der Waals surface area contributed by atoms with Crippen molar-refractivity contribution in [2.45, 2.75) is 37.9 Å². The zero-order chi connectivity index (χ0) is 38.6. The van der Waals surface area contributed by atoms with Crippen LogP contribution < -0.4 is 10.5 Å². The van der Waals surface area contributed by atoms with Gasteiger partial charge < -0.3 is 25.8 Å². The standard InChI is InChI=1S/C22H20ClFN4O.3C2HF3O2/c1-13-19-9-15(3-5-22(19)28-27-13)16-8-18(11-26-10-16)29-12-17(25)6-14-2-4-20(23)21(24)7-14;3*3-2(4,5)1(6)7/h2-5,7-11,17H,6,12,25H2,1H3,(H,27,28);3*(H,6,7)/t17-;;;/m0.../s1. The number of rotatable bonds is 6. The molecule has 0 amide bonds. The molecule has 0 bridgehead atoms. The minimum absolute atomic E-state index is 0.102. The van der Waals surface area contributed by atoms with Crippen LogP contribution in [0.5, 0.6) is 5.75 Å². The van der Waals surface area contributed by atoms with Gasteiger partial charge in [0.2, 0.25) is 0 Å². The summed E-state index contributed by atoms with van der Waals surface area (Å²) in [5.74, 6) is -8.09. The molecule has 11 nitrogen and oxygen atoms in total. The third-order valence-electron chi connectivity index (χ3n) is 5.46. The van der Waals surface area contributed by atoms with Crippen LogP contribution in [0.3, 0.4) is 0 Å². The highest BCUT2D eigenvalue weighted by molar-refractivity contribution is 6.30. The number of nitrogens with two attached hydrogens (primary N) is 1. The Hall–Kier alpha value is -5.18. The molecule has 0 saturated carbocycles. The maximum absolute atomic E-state index is 13.6. The zero-order valence-corrected chi connectivity index (χ0v) is 25.5. The molecule has 2 heterocycles. The summed E-state index contributed by atoms with van der Waals surface area (Å²) in [6.07, 6.45) is -11.3. The molecule has 2 aromatic carbocycles. The predicted molar refractivity (Wildman–Crippen MR) is 154 cm³/mol. The van der Waals surface area contributed by atoms with E-state index in [-0.39, 0.29) is 17.7 Å². The van der Waals surface area contributed by atoms with Gasteiger partial charge in [-0.15, -0.1) is 0 Å². The second-order valence-corrected chi connectivity index (χ2v) is 9.83. The van der Waals surface area contributed by atoms with Gasteiger partial charge in [0.25, 0.3) is 0 Å². The number of ether oxygens (including phenoxy) is 1. The molecule has 0 fully saturated rings. The van der Waals surface area contributed by atoms with E-state index in [4.69, 9.17) is 51.8 Å². The molecule has 0 aliphatic carbocycles. The van der Waals surface area contributed by atoms with Gasteiger partial charge in [0.15, 0.2) is 0 Å². The van der Waals surface area contributed by atoms with Crippen molar-refractivity contribution in [3.63, 3.8) is 0 Å². The molecule has 22 heteroatoms. The van der Waals surface area contributed by atoms with E-state index in [1.54, 1.807) is 18.5 Å². The van der Waals surface area contributed by atoms with E-state index in [9.17, 15) is 43.9 Å². The number of aliphatic carboxylic acids is 3. The fraction of sp³-hybridized carbons (Fsp3) is 0.250. The van der Waals surface area contributed by atoms with Crippen LogP contribution in [0.2, 0.25) is 5.02 Å². The zero-order valence-electron chi connectivity index (χ0n) is 24.8. The van der Waals surface area contributed by atoms with Crippen molar-refractivity contribution in [3.8, 4) is 16.9 Å². The van der Waals surface area contributed by atoms with Gasteiger partial charge in [-0.3, -0.25) is 10.1 Å². The van der Waals surface area contributed by atoms with E-state index >= 15 is 0 Å². The Bertz CT molecular complexity index is 1710. The SMILES string of the molecule is Cc1[nH]nc2ccc(-c3cncc(OC[C@@H](N)Cc4ccc(Cl)c(F)c4)c3)cc12.O=C(O)C(F)(F)F.O=C(O)C(F)(F)F.O=C(O)C(F)(F)F. The monoisotopic (exact) mass is 752 g/mol. The fourth-order valence-electron chi connectivity index (χ4n) is 3.20. The Labute approximate surface area is 278 Å². The molecule has 0 aliphatic heterocycles. The first kappa shape index (κ1) is 42.8. The topological polar surface area (TPSA) is 189 Å². The molecule has 0 saturated heterocycles. The van der Waals surface area contributed by atoms with Crippen molar-refractivity contribution >= 4 is 40.4 Å². The summed E-state index contributed by atoms with van der Waals surface area (Å²) in [5, 5.41) is 29.8. The van der Waals surface area contributed by atoms with E-state index in [1.165, 1.54) is 12.1 Å². The molecule has 4 rings (SSSR count). The van der Waals surface area contributed by atoms with Crippen molar-refractivity contribution in [3.05, 3.63) is 77.0 Å². The fourth-order valence-corrected chi connectivity index (χ4v) is 3.32. The highest BCUT2D eigenvalue weighted by Gasteiger charge is 2.39. The van der Waals surface area contributed by atoms with Gasteiger partial charge in [0, 0.05) is 28.9 Å². The number of hydrogen-bond acceptors (Lipinski definition) is 7. The number of alkyl halides is 9. The van der Waals surface area contributed by atoms with Gasteiger partial charge in [-0.2, -0.15) is 44.6 Å². The maximum atomic E-state index is 13.6. The maximum Gasteiger partial charge on any atom is 0.490 e. The molecule has 50 heavy (non-hydrogen) atoms. The van der Waals surface area contributed by atoms with E-state index in [1.807, 2.05) is 25.1 Å². The number of nitrogens with zero attached hydrogens (tertiary/aromatic N) is 2. The lowest BCUT2D eigenvalue weighted by Gasteiger charge is -2.14. The highest BCUT2D eigenvalue weighted by Crippen LogP contribution is 2.27. The summed E-state index contributed by atoms with van der Waals surface area (Å²) in [6, 6.07) is 12.4. The van der Waals surface area contributed by atoms with Crippen molar-refractivity contribution in [2.24, 2.45) is 5.73 Å². The van der Waals surface area contributed by atoms with Gasteiger partial charge in [-0.05, 0) is 54.8 Å².